The van der Waals surface area contributed by atoms with Gasteiger partial charge in [0.15, 0.2) is 0 Å². The third kappa shape index (κ3) is 3.83. The van der Waals surface area contributed by atoms with E-state index in [4.69, 9.17) is 11.6 Å². The Morgan fingerprint density at radius 3 is 3.00 bits per heavy atom. The van der Waals surface area contributed by atoms with E-state index in [0.717, 1.165) is 12.0 Å². The first kappa shape index (κ1) is 13.6. The summed E-state index contributed by atoms with van der Waals surface area (Å²) < 4.78 is 1.63. The van der Waals surface area contributed by atoms with Gasteiger partial charge in [-0.15, -0.1) is 0 Å². The Labute approximate surface area is 117 Å². The number of benzene rings is 1. The van der Waals surface area contributed by atoms with Gasteiger partial charge in [-0.2, -0.15) is 5.10 Å². The van der Waals surface area contributed by atoms with Gasteiger partial charge in [-0.25, -0.2) is 0 Å². The van der Waals surface area contributed by atoms with Crippen LogP contribution < -0.4 is 5.32 Å². The van der Waals surface area contributed by atoms with Crippen molar-refractivity contribution in [2.24, 2.45) is 0 Å². The smallest absolute Gasteiger partial charge is 0.244 e. The first-order valence-electron chi connectivity index (χ1n) is 6.18. The summed E-state index contributed by atoms with van der Waals surface area (Å²) in [5, 5.41) is 7.67. The van der Waals surface area contributed by atoms with Gasteiger partial charge < -0.3 is 5.32 Å². The van der Waals surface area contributed by atoms with E-state index in [9.17, 15) is 4.79 Å². The zero-order valence-corrected chi connectivity index (χ0v) is 11.5. The Bertz CT molecular complexity index is 539. The third-order valence-corrected chi connectivity index (χ3v) is 3.14. The van der Waals surface area contributed by atoms with E-state index >= 15 is 0 Å². The number of hydrogen-bond acceptors (Lipinski definition) is 2. The molecule has 1 aromatic heterocycles. The molecule has 0 spiro atoms. The Kier molecular flexibility index (Phi) is 4.58. The quantitative estimate of drug-likeness (QED) is 0.913. The largest absolute Gasteiger partial charge is 0.354 e. The Morgan fingerprint density at radius 2 is 2.32 bits per heavy atom. The van der Waals surface area contributed by atoms with Gasteiger partial charge >= 0.3 is 0 Å². The lowest BCUT2D eigenvalue weighted by Gasteiger charge is -2.12. The lowest BCUT2D eigenvalue weighted by molar-refractivity contribution is -0.124. The molecular formula is C14H16ClN3O. The molecule has 1 N–H and O–H groups in total. The topological polar surface area (TPSA) is 46.9 Å². The molecule has 0 aliphatic carbocycles. The molecule has 19 heavy (non-hydrogen) atoms. The SMILES string of the molecule is CC(C(=O)NCCc1cccc(Cl)c1)n1cccn1. The highest BCUT2D eigenvalue weighted by Crippen LogP contribution is 2.10. The molecule has 0 saturated carbocycles. The molecule has 5 heteroatoms. The fourth-order valence-corrected chi connectivity index (χ4v) is 2.01. The molecule has 1 unspecified atom stereocenters. The Morgan fingerprint density at radius 1 is 1.47 bits per heavy atom. The number of nitrogens with zero attached hydrogens (tertiary/aromatic N) is 2. The number of hydrogen-bond donors (Lipinski definition) is 1. The number of rotatable bonds is 5. The molecule has 1 aromatic carbocycles. The highest BCUT2D eigenvalue weighted by atomic mass is 35.5. The number of aromatic nitrogens is 2. The van der Waals surface area contributed by atoms with Gasteiger partial charge in [0.05, 0.1) is 0 Å². The van der Waals surface area contributed by atoms with Gasteiger partial charge in [0.2, 0.25) is 5.91 Å². The van der Waals surface area contributed by atoms with Crippen LogP contribution in [0.2, 0.25) is 5.02 Å². The number of halogens is 1. The van der Waals surface area contributed by atoms with Crippen LogP contribution in [0.5, 0.6) is 0 Å². The molecule has 4 nitrogen and oxygen atoms in total. The summed E-state index contributed by atoms with van der Waals surface area (Å²) in [5.74, 6) is -0.0364. The molecule has 100 valence electrons. The molecular weight excluding hydrogens is 262 g/mol. The molecule has 2 rings (SSSR count). The molecule has 1 amide bonds. The van der Waals surface area contributed by atoms with Gasteiger partial charge in [-0.1, -0.05) is 23.7 Å². The molecule has 1 atom stereocenters. The van der Waals surface area contributed by atoms with Gasteiger partial charge in [0.25, 0.3) is 0 Å². The van der Waals surface area contributed by atoms with E-state index in [0.29, 0.717) is 11.6 Å². The van der Waals surface area contributed by atoms with E-state index in [1.165, 1.54) is 0 Å². The lowest BCUT2D eigenvalue weighted by Crippen LogP contribution is -2.32. The van der Waals surface area contributed by atoms with Crippen LogP contribution in [0.4, 0.5) is 0 Å². The molecule has 0 bridgehead atoms. The summed E-state index contributed by atoms with van der Waals surface area (Å²) in [6.45, 7) is 2.41. The summed E-state index contributed by atoms with van der Waals surface area (Å²) in [6, 6.07) is 9.15. The minimum absolute atomic E-state index is 0.0364. The molecule has 0 radical (unpaired) electrons. The van der Waals surface area contributed by atoms with Crippen molar-refractivity contribution in [1.29, 1.82) is 0 Å². The van der Waals surface area contributed by atoms with Crippen LogP contribution >= 0.6 is 11.6 Å². The van der Waals surface area contributed by atoms with Crippen molar-refractivity contribution >= 4 is 17.5 Å². The lowest BCUT2D eigenvalue weighted by atomic mass is 10.1. The maximum Gasteiger partial charge on any atom is 0.244 e. The third-order valence-electron chi connectivity index (χ3n) is 2.90. The summed E-state index contributed by atoms with van der Waals surface area (Å²) in [6.07, 6.45) is 4.20. The Hall–Kier alpha value is -1.81. The van der Waals surface area contributed by atoms with Crippen molar-refractivity contribution in [2.75, 3.05) is 6.54 Å². The van der Waals surface area contributed by atoms with Crippen molar-refractivity contribution in [3.63, 3.8) is 0 Å². The average Bonchev–Trinajstić information content (AvgIpc) is 2.91. The minimum Gasteiger partial charge on any atom is -0.354 e. The molecule has 0 saturated heterocycles. The first-order chi connectivity index (χ1) is 9.16. The zero-order valence-electron chi connectivity index (χ0n) is 10.7. The van der Waals surface area contributed by atoms with Crippen molar-refractivity contribution < 1.29 is 4.79 Å². The van der Waals surface area contributed by atoms with E-state index in [1.807, 2.05) is 31.2 Å². The fraction of sp³-hybridized carbons (Fsp3) is 0.286. The fourth-order valence-electron chi connectivity index (χ4n) is 1.80. The zero-order chi connectivity index (χ0) is 13.7. The van der Waals surface area contributed by atoms with Gasteiger partial charge in [0, 0.05) is 24.0 Å². The molecule has 2 aromatic rings. The van der Waals surface area contributed by atoms with Crippen molar-refractivity contribution in [3.05, 3.63) is 53.3 Å². The van der Waals surface area contributed by atoms with E-state index in [2.05, 4.69) is 10.4 Å². The van der Waals surface area contributed by atoms with Crippen LogP contribution in [0, 0.1) is 0 Å². The molecule has 1 heterocycles. The van der Waals surface area contributed by atoms with Crippen molar-refractivity contribution in [3.8, 4) is 0 Å². The maximum absolute atomic E-state index is 11.9. The highest BCUT2D eigenvalue weighted by Gasteiger charge is 2.13. The van der Waals surface area contributed by atoms with Crippen LogP contribution in [-0.4, -0.2) is 22.2 Å². The second-order valence-electron chi connectivity index (χ2n) is 4.33. The van der Waals surface area contributed by atoms with E-state index < -0.39 is 0 Å². The Balaban J connectivity index is 1.81. The van der Waals surface area contributed by atoms with Gasteiger partial charge in [-0.3, -0.25) is 9.48 Å². The van der Waals surface area contributed by atoms with Gasteiger partial charge in [-0.05, 0) is 37.1 Å². The van der Waals surface area contributed by atoms with Crippen LogP contribution in [0.3, 0.4) is 0 Å². The van der Waals surface area contributed by atoms with Crippen molar-refractivity contribution in [2.45, 2.75) is 19.4 Å². The van der Waals surface area contributed by atoms with Crippen molar-refractivity contribution in [1.82, 2.24) is 15.1 Å². The standard InChI is InChI=1S/C14H16ClN3O/c1-11(18-9-3-7-17-18)14(19)16-8-6-12-4-2-5-13(15)10-12/h2-5,7,9-11H,6,8H2,1H3,(H,16,19). The molecule has 0 aliphatic heterocycles. The summed E-state index contributed by atoms with van der Waals surface area (Å²) in [4.78, 5) is 11.9. The number of carbonyl (C=O) groups is 1. The predicted molar refractivity (Wildman–Crippen MR) is 75.1 cm³/mol. The second-order valence-corrected chi connectivity index (χ2v) is 4.77. The second kappa shape index (κ2) is 6.38. The maximum atomic E-state index is 11.9. The van der Waals surface area contributed by atoms with Gasteiger partial charge in [0.1, 0.15) is 6.04 Å². The van der Waals surface area contributed by atoms with Crippen LogP contribution in [0.1, 0.15) is 18.5 Å². The number of amides is 1. The monoisotopic (exact) mass is 277 g/mol. The predicted octanol–water partition coefficient (Wildman–Crippen LogP) is 2.46. The summed E-state index contributed by atoms with van der Waals surface area (Å²) in [7, 11) is 0. The highest BCUT2D eigenvalue weighted by molar-refractivity contribution is 6.30. The van der Waals surface area contributed by atoms with Crippen LogP contribution in [0.25, 0.3) is 0 Å². The molecule has 0 fully saturated rings. The van der Waals surface area contributed by atoms with E-state index in [1.54, 1.807) is 23.1 Å². The first-order valence-corrected chi connectivity index (χ1v) is 6.56. The average molecular weight is 278 g/mol. The normalized spacial score (nSPS) is 12.1. The van der Waals surface area contributed by atoms with Crippen LogP contribution in [-0.2, 0) is 11.2 Å². The summed E-state index contributed by atoms with van der Waals surface area (Å²) in [5.41, 5.74) is 1.11. The molecule has 0 aliphatic rings. The summed E-state index contributed by atoms with van der Waals surface area (Å²) >= 11 is 5.91. The van der Waals surface area contributed by atoms with E-state index in [-0.39, 0.29) is 11.9 Å². The number of nitrogens with one attached hydrogen (secondary N) is 1. The van der Waals surface area contributed by atoms with Crippen LogP contribution in [0.15, 0.2) is 42.7 Å². The minimum atomic E-state index is -0.297. The number of carbonyl (C=O) groups excluding carboxylic acids is 1.